The number of carbonyl (C=O) groups excluding carboxylic acids is 6. The summed E-state index contributed by atoms with van der Waals surface area (Å²) in [5.41, 5.74) is 5.48. The smallest absolute Gasteiger partial charge is 0.315 e. The van der Waals surface area contributed by atoms with Crippen LogP contribution in [0, 0.1) is 17.3 Å². The first-order valence-electron chi connectivity index (χ1n) is 17.3. The molecule has 1 aliphatic carbocycles. The number of nitrogens with zero attached hydrogens (tertiary/aromatic N) is 3. The van der Waals surface area contributed by atoms with Gasteiger partial charge in [0.05, 0.1) is 12.6 Å². The van der Waals surface area contributed by atoms with E-state index in [4.69, 9.17) is 17.3 Å². The zero-order valence-corrected chi connectivity index (χ0v) is 30.5. The van der Waals surface area contributed by atoms with Crippen molar-refractivity contribution in [2.75, 3.05) is 44.2 Å². The van der Waals surface area contributed by atoms with Crippen LogP contribution in [-0.2, 0) is 24.0 Å². The van der Waals surface area contributed by atoms with E-state index in [1.165, 1.54) is 11.3 Å². The first kappa shape index (κ1) is 39.6. The van der Waals surface area contributed by atoms with Gasteiger partial charge in [-0.1, -0.05) is 78.5 Å². The highest BCUT2D eigenvalue weighted by atomic mass is 35.5. The van der Waals surface area contributed by atoms with Gasteiger partial charge >= 0.3 is 6.03 Å². The average Bonchev–Trinajstić information content (AvgIpc) is 3.78. The molecular formula is C35H54ClN7O6. The van der Waals surface area contributed by atoms with Crippen molar-refractivity contribution in [1.29, 1.82) is 0 Å². The lowest BCUT2D eigenvalue weighted by atomic mass is 9.85. The zero-order chi connectivity index (χ0) is 36.5. The fraction of sp³-hybridized carbons (Fsp3) is 0.657. The lowest BCUT2D eigenvalue weighted by Gasteiger charge is -2.37. The molecule has 14 heteroatoms. The number of primary amides is 1. The minimum absolute atomic E-state index is 0.222. The summed E-state index contributed by atoms with van der Waals surface area (Å²) < 4.78 is 0. The molecule has 272 valence electrons. The third kappa shape index (κ3) is 11.3. The van der Waals surface area contributed by atoms with E-state index >= 15 is 0 Å². The van der Waals surface area contributed by atoms with E-state index in [9.17, 15) is 28.8 Å². The van der Waals surface area contributed by atoms with Gasteiger partial charge in [-0.15, -0.1) is 0 Å². The number of hydrogen-bond donors (Lipinski definition) is 4. The summed E-state index contributed by atoms with van der Waals surface area (Å²) in [7, 11) is 0. The van der Waals surface area contributed by atoms with Crippen LogP contribution in [0.15, 0.2) is 24.3 Å². The second kappa shape index (κ2) is 17.7. The van der Waals surface area contributed by atoms with Crippen molar-refractivity contribution < 1.29 is 28.8 Å². The minimum Gasteiger partial charge on any atom is -0.368 e. The lowest BCUT2D eigenvalue weighted by molar-refractivity contribution is -0.144. The van der Waals surface area contributed by atoms with Gasteiger partial charge in [0.15, 0.2) is 0 Å². The maximum atomic E-state index is 13.9. The number of piperazine rings is 1. The third-order valence-corrected chi connectivity index (χ3v) is 9.22. The Labute approximate surface area is 295 Å². The Kier molecular flexibility index (Phi) is 14.3. The number of rotatable bonds is 11. The van der Waals surface area contributed by atoms with Gasteiger partial charge in [0, 0.05) is 43.4 Å². The molecule has 13 nitrogen and oxygen atoms in total. The molecule has 0 radical (unpaired) electrons. The third-order valence-electron chi connectivity index (χ3n) is 8.99. The number of amides is 6. The number of anilines is 1. The molecule has 1 aromatic carbocycles. The van der Waals surface area contributed by atoms with Crippen molar-refractivity contribution in [3.05, 3.63) is 29.3 Å². The normalized spacial score (nSPS) is 20.3. The molecule has 4 rings (SSSR count). The monoisotopic (exact) mass is 703 g/mol. The number of nitrogens with one attached hydrogen (secondary N) is 3. The van der Waals surface area contributed by atoms with Gasteiger partial charge in [-0.05, 0) is 48.3 Å². The second-order valence-corrected chi connectivity index (χ2v) is 14.8. The number of likely N-dealkylation sites (tertiary alicyclic amines) is 1. The summed E-state index contributed by atoms with van der Waals surface area (Å²) in [6.45, 7) is 13.8. The predicted octanol–water partition coefficient (Wildman–Crippen LogP) is 2.70. The van der Waals surface area contributed by atoms with Crippen molar-refractivity contribution in [1.82, 2.24) is 25.8 Å². The second-order valence-electron chi connectivity index (χ2n) is 14.4. The number of hydrogen-bond acceptors (Lipinski definition) is 7. The SMILES string of the molecule is CCC.C[C@H]1CCN(C(=O)C(NC(=O)NCC(=O)N2CCN(c3cccc(Cl)c3)CC2)C(C)(C)C)[C@@H]1C(=O)NC(CC1CC1)C(=O)C(N)=O. The van der Waals surface area contributed by atoms with E-state index < -0.39 is 53.1 Å². The van der Waals surface area contributed by atoms with Crippen LogP contribution >= 0.6 is 11.6 Å². The molecular weight excluding hydrogens is 650 g/mol. The first-order valence-corrected chi connectivity index (χ1v) is 17.7. The number of Topliss-reactive ketones (excluding diaryl/α,β-unsaturated/α-hetero) is 1. The van der Waals surface area contributed by atoms with Crippen molar-refractivity contribution in [2.24, 2.45) is 23.0 Å². The van der Waals surface area contributed by atoms with Crippen molar-refractivity contribution in [3.8, 4) is 0 Å². The van der Waals surface area contributed by atoms with Gasteiger partial charge in [0.1, 0.15) is 12.1 Å². The van der Waals surface area contributed by atoms with Crippen molar-refractivity contribution in [2.45, 2.75) is 91.8 Å². The molecule has 1 aromatic rings. The lowest BCUT2D eigenvalue weighted by Crippen LogP contribution is -2.61. The summed E-state index contributed by atoms with van der Waals surface area (Å²) in [4.78, 5) is 82.7. The van der Waals surface area contributed by atoms with Gasteiger partial charge in [-0.25, -0.2) is 4.79 Å². The van der Waals surface area contributed by atoms with Crippen molar-refractivity contribution >= 4 is 52.7 Å². The number of urea groups is 1. The van der Waals surface area contributed by atoms with Crippen LogP contribution in [0.1, 0.15) is 73.6 Å². The molecule has 49 heavy (non-hydrogen) atoms. The minimum atomic E-state index is -1.11. The van der Waals surface area contributed by atoms with Crippen LogP contribution in [0.4, 0.5) is 10.5 Å². The largest absolute Gasteiger partial charge is 0.368 e. The quantitative estimate of drug-likeness (QED) is 0.256. The van der Waals surface area contributed by atoms with Crippen LogP contribution in [0.25, 0.3) is 0 Å². The molecule has 3 aliphatic rings. The summed E-state index contributed by atoms with van der Waals surface area (Å²) in [5, 5.41) is 8.65. The Morgan fingerprint density at radius 1 is 0.959 bits per heavy atom. The topological polar surface area (TPSA) is 174 Å². The summed E-state index contributed by atoms with van der Waals surface area (Å²) >= 11 is 6.11. The molecule has 2 unspecified atom stereocenters. The van der Waals surface area contributed by atoms with Gasteiger partial charge < -0.3 is 36.4 Å². The molecule has 2 heterocycles. The molecule has 3 fully saturated rings. The molecule has 0 spiro atoms. The highest BCUT2D eigenvalue weighted by Gasteiger charge is 2.46. The molecule has 5 N–H and O–H groups in total. The van der Waals surface area contributed by atoms with E-state index in [0.29, 0.717) is 44.0 Å². The number of ketones is 1. The zero-order valence-electron chi connectivity index (χ0n) is 29.7. The van der Waals surface area contributed by atoms with Crippen LogP contribution < -0.4 is 26.6 Å². The highest BCUT2D eigenvalue weighted by Crippen LogP contribution is 2.34. The Morgan fingerprint density at radius 2 is 1.59 bits per heavy atom. The Balaban J connectivity index is 0.00000209. The predicted molar refractivity (Wildman–Crippen MR) is 189 cm³/mol. The molecule has 6 amide bonds. The van der Waals surface area contributed by atoms with Gasteiger partial charge in [-0.2, -0.15) is 0 Å². The maximum Gasteiger partial charge on any atom is 0.315 e. The fourth-order valence-electron chi connectivity index (χ4n) is 6.09. The standard InChI is InChI=1S/C32H46ClN7O6.C3H8/c1-19-10-11-40(25(19)29(44)36-23(16-20-8-9-20)26(42)28(34)43)30(45)27(32(2,3)4)37-31(46)35-18-24(41)39-14-12-38(13-15-39)22-7-5-6-21(33)17-22;1-3-2/h5-7,17,19-20,23,25,27H,8-16,18H2,1-4H3,(H2,34,43)(H,36,44)(H2,35,37,46);3H2,1-2H3/t19-,23?,25-,27?;/m0./s1. The molecule has 0 aromatic heterocycles. The van der Waals surface area contributed by atoms with Crippen molar-refractivity contribution in [3.63, 3.8) is 0 Å². The Bertz CT molecular complexity index is 1360. The highest BCUT2D eigenvalue weighted by molar-refractivity contribution is 6.37. The number of benzene rings is 1. The van der Waals surface area contributed by atoms with Gasteiger partial charge in [0.25, 0.3) is 5.91 Å². The first-order chi connectivity index (χ1) is 23.1. The molecule has 2 saturated heterocycles. The van der Waals surface area contributed by atoms with E-state index in [2.05, 4.69) is 34.7 Å². The number of nitrogens with two attached hydrogens (primary N) is 1. The molecule has 4 atom stereocenters. The van der Waals surface area contributed by atoms with Crippen LogP contribution in [-0.4, -0.2) is 103 Å². The van der Waals surface area contributed by atoms with E-state index in [-0.39, 0.29) is 30.8 Å². The molecule has 2 aliphatic heterocycles. The summed E-state index contributed by atoms with van der Waals surface area (Å²) in [6.07, 6.45) is 3.94. The number of carbonyl (C=O) groups is 6. The average molecular weight is 704 g/mol. The van der Waals surface area contributed by atoms with Gasteiger partial charge in [0.2, 0.25) is 23.5 Å². The summed E-state index contributed by atoms with van der Waals surface area (Å²) in [6, 6.07) is 3.92. The van der Waals surface area contributed by atoms with Crippen LogP contribution in [0.3, 0.4) is 0 Å². The summed E-state index contributed by atoms with van der Waals surface area (Å²) in [5.74, 6) is -3.17. The van der Waals surface area contributed by atoms with E-state index in [1.54, 1.807) is 25.7 Å². The van der Waals surface area contributed by atoms with Crippen LogP contribution in [0.5, 0.6) is 0 Å². The van der Waals surface area contributed by atoms with Crippen LogP contribution in [0.2, 0.25) is 5.02 Å². The Hall–Kier alpha value is -3.87. The molecule has 1 saturated carbocycles. The fourth-order valence-corrected chi connectivity index (χ4v) is 6.28. The van der Waals surface area contributed by atoms with Gasteiger partial charge in [-0.3, -0.25) is 24.0 Å². The molecule has 0 bridgehead atoms. The Morgan fingerprint density at radius 3 is 2.14 bits per heavy atom. The van der Waals surface area contributed by atoms with E-state index in [1.807, 2.05) is 31.2 Å². The maximum absolute atomic E-state index is 13.9. The van der Waals surface area contributed by atoms with E-state index in [0.717, 1.165) is 18.5 Å². The number of halogens is 1.